The first-order chi connectivity index (χ1) is 16.8. The van der Waals surface area contributed by atoms with Crippen LogP contribution in [-0.2, 0) is 24.5 Å². The Morgan fingerprint density at radius 3 is 2.41 bits per heavy atom. The molecule has 0 saturated heterocycles. The molecule has 0 aliphatic carbocycles. The summed E-state index contributed by atoms with van der Waals surface area (Å²) in [7, 11) is -0.0535. The lowest BCUT2D eigenvalue weighted by Crippen LogP contribution is -2.55. The Hall–Kier alpha value is -1.43. The van der Waals surface area contributed by atoms with Crippen LogP contribution < -0.4 is 0 Å². The van der Waals surface area contributed by atoms with Gasteiger partial charge in [0.1, 0.15) is 22.9 Å². The van der Waals surface area contributed by atoms with E-state index in [1.165, 1.54) is 18.1 Å². The fraction of sp³-hybridized carbons (Fsp3) is 0.654. The number of hydrogen-bond donors (Lipinski definition) is 0. The van der Waals surface area contributed by atoms with E-state index in [-0.39, 0.29) is 11.9 Å². The molecule has 1 unspecified atom stereocenters. The highest BCUT2D eigenvalue weighted by Gasteiger charge is 2.56. The molecule has 37 heavy (non-hydrogen) atoms. The minimum absolute atomic E-state index is 0.117. The summed E-state index contributed by atoms with van der Waals surface area (Å²) in [5, 5.41) is 0.204. The highest BCUT2D eigenvalue weighted by Crippen LogP contribution is 2.52. The van der Waals surface area contributed by atoms with Gasteiger partial charge in [-0.2, -0.15) is 0 Å². The quantitative estimate of drug-likeness (QED) is 0.141. The molecule has 1 aromatic rings. The van der Waals surface area contributed by atoms with Gasteiger partial charge in [-0.05, 0) is 58.9 Å². The summed E-state index contributed by atoms with van der Waals surface area (Å²) in [6, 6.07) is 5.53. The Kier molecular flexibility index (Phi) is 10.1. The van der Waals surface area contributed by atoms with Gasteiger partial charge in [0, 0.05) is 30.6 Å². The van der Waals surface area contributed by atoms with Gasteiger partial charge in [-0.15, -0.1) is 0 Å². The molecule has 11 heteroatoms. The number of methoxy groups -OCH3 is 1. The average molecular weight is 620 g/mol. The van der Waals surface area contributed by atoms with E-state index in [1.807, 2.05) is 6.92 Å². The van der Waals surface area contributed by atoms with Gasteiger partial charge in [-0.3, -0.25) is 9.79 Å². The van der Waals surface area contributed by atoms with Crippen LogP contribution in [0, 0.1) is 11.7 Å². The van der Waals surface area contributed by atoms with Gasteiger partial charge in [0.25, 0.3) is 0 Å². The van der Waals surface area contributed by atoms with E-state index < -0.39 is 47.8 Å². The van der Waals surface area contributed by atoms with Gasteiger partial charge in [0.15, 0.2) is 5.17 Å². The maximum atomic E-state index is 15.2. The van der Waals surface area contributed by atoms with Gasteiger partial charge < -0.3 is 14.2 Å². The smallest absolute Gasteiger partial charge is 0.418 e. The lowest BCUT2D eigenvalue weighted by molar-refractivity contribution is -0.145. The van der Waals surface area contributed by atoms with E-state index in [0.717, 1.165) is 17.8 Å². The molecule has 0 fully saturated rings. The van der Waals surface area contributed by atoms with E-state index in [1.54, 1.807) is 46.8 Å². The zero-order chi connectivity index (χ0) is 28.4. The molecule has 0 saturated carbocycles. The Morgan fingerprint density at radius 1 is 1.24 bits per heavy atom. The van der Waals surface area contributed by atoms with E-state index in [0.29, 0.717) is 16.6 Å². The van der Waals surface area contributed by atoms with Crippen molar-refractivity contribution >= 4 is 53.0 Å². The van der Waals surface area contributed by atoms with Crippen molar-refractivity contribution in [1.29, 1.82) is 0 Å². The summed E-state index contributed by atoms with van der Waals surface area (Å²) >= 11 is 4.53. The first kappa shape index (κ1) is 31.8. The van der Waals surface area contributed by atoms with E-state index in [4.69, 9.17) is 19.2 Å². The van der Waals surface area contributed by atoms with Crippen molar-refractivity contribution in [3.05, 3.63) is 34.1 Å². The first-order valence-corrected chi connectivity index (χ1v) is 17.6. The van der Waals surface area contributed by atoms with Crippen LogP contribution >= 0.6 is 27.7 Å². The number of carbonyl (C=O) groups is 2. The van der Waals surface area contributed by atoms with Gasteiger partial charge >= 0.3 is 12.1 Å². The third-order valence-corrected chi connectivity index (χ3v) is 10.1. The summed E-state index contributed by atoms with van der Waals surface area (Å²) in [5.74, 6) is -1.46. The molecule has 0 bridgehead atoms. The molecule has 0 N–H and O–H groups in total. The van der Waals surface area contributed by atoms with Crippen LogP contribution in [0.4, 0.5) is 9.18 Å². The molecule has 1 aliphatic rings. The topological polar surface area (TPSA) is 77.4 Å². The number of ether oxygens (including phenoxy) is 3. The number of hydrogen-bond acceptors (Lipinski definition) is 7. The standard InChI is InChI=1S/C26H40BrFN2O5SSi/c1-17-25(5,19-15-18(27)11-12-20(19)28)29-22(36-26(17,6)21(31)33-7)30(23(32)35-24(2,3)4)16-34-13-14-37(8,9)10/h11-12,15,17H,13-14,16H2,1-10H3/t17?,25-,26-/m0/s1. The molecule has 0 radical (unpaired) electrons. The van der Waals surface area contributed by atoms with Crippen LogP contribution in [-0.4, -0.2) is 61.0 Å². The second-order valence-electron chi connectivity index (χ2n) is 11.8. The monoisotopic (exact) mass is 618 g/mol. The van der Waals surface area contributed by atoms with E-state index in [2.05, 4.69) is 35.6 Å². The third kappa shape index (κ3) is 7.80. The molecular formula is C26H40BrFN2O5SSi. The fourth-order valence-corrected chi connectivity index (χ4v) is 6.43. The predicted octanol–water partition coefficient (Wildman–Crippen LogP) is 7.02. The van der Waals surface area contributed by atoms with Crippen LogP contribution in [0.15, 0.2) is 27.7 Å². The number of esters is 1. The SMILES string of the molecule is COC(=O)[C@@]1(C)SC(N(COCC[Si](C)(C)C)C(=O)OC(C)(C)C)=N[C@](C)(c2cc(Br)ccc2F)C1C. The summed E-state index contributed by atoms with van der Waals surface area (Å²) in [5.41, 5.74) is -1.69. The number of benzene rings is 1. The van der Waals surface area contributed by atoms with Crippen molar-refractivity contribution in [2.75, 3.05) is 20.4 Å². The van der Waals surface area contributed by atoms with Crippen molar-refractivity contribution in [3.63, 3.8) is 0 Å². The van der Waals surface area contributed by atoms with Crippen LogP contribution in [0.3, 0.4) is 0 Å². The Labute approximate surface area is 234 Å². The van der Waals surface area contributed by atoms with Crippen molar-refractivity contribution < 1.29 is 28.2 Å². The fourth-order valence-electron chi connectivity index (χ4n) is 3.89. The van der Waals surface area contributed by atoms with E-state index in [9.17, 15) is 9.59 Å². The molecule has 7 nitrogen and oxygen atoms in total. The second-order valence-corrected chi connectivity index (χ2v) is 19.8. The van der Waals surface area contributed by atoms with Gasteiger partial charge in [0.05, 0.1) is 12.6 Å². The highest BCUT2D eigenvalue weighted by atomic mass is 79.9. The maximum absolute atomic E-state index is 15.2. The Morgan fingerprint density at radius 2 is 1.86 bits per heavy atom. The van der Waals surface area contributed by atoms with Crippen LogP contribution in [0.1, 0.15) is 47.1 Å². The van der Waals surface area contributed by atoms with Crippen LogP contribution in [0.25, 0.3) is 0 Å². The minimum Gasteiger partial charge on any atom is -0.468 e. The molecule has 1 aromatic carbocycles. The molecule has 1 aliphatic heterocycles. The average Bonchev–Trinajstić information content (AvgIpc) is 2.76. The number of halogens is 2. The van der Waals surface area contributed by atoms with Crippen LogP contribution in [0.2, 0.25) is 25.7 Å². The van der Waals surface area contributed by atoms with E-state index >= 15 is 4.39 Å². The van der Waals surface area contributed by atoms with Gasteiger partial charge in [0.2, 0.25) is 0 Å². The summed E-state index contributed by atoms with van der Waals surface area (Å²) < 4.78 is 31.5. The molecule has 0 aromatic heterocycles. The van der Waals surface area contributed by atoms with Crippen molar-refractivity contribution in [1.82, 2.24) is 4.90 Å². The molecular weight excluding hydrogens is 579 g/mol. The maximum Gasteiger partial charge on any atom is 0.418 e. The number of aliphatic imine (C=N–C) groups is 1. The molecule has 1 heterocycles. The van der Waals surface area contributed by atoms with Gasteiger partial charge in [-0.25, -0.2) is 14.1 Å². The number of nitrogens with zero attached hydrogens (tertiary/aromatic N) is 2. The number of carbonyl (C=O) groups excluding carboxylic acids is 2. The molecule has 1 amide bonds. The first-order valence-electron chi connectivity index (χ1n) is 12.2. The van der Waals surface area contributed by atoms with Crippen molar-refractivity contribution in [2.45, 2.75) is 83.1 Å². The lowest BCUT2D eigenvalue weighted by Gasteiger charge is -2.47. The zero-order valence-electron chi connectivity index (χ0n) is 23.5. The Bertz CT molecular complexity index is 1040. The largest absolute Gasteiger partial charge is 0.468 e. The zero-order valence-corrected chi connectivity index (χ0v) is 26.9. The molecule has 0 spiro atoms. The number of amides is 1. The predicted molar refractivity (Wildman–Crippen MR) is 153 cm³/mol. The lowest BCUT2D eigenvalue weighted by atomic mass is 9.74. The number of amidine groups is 1. The highest BCUT2D eigenvalue weighted by molar-refractivity contribution is 9.10. The van der Waals surface area contributed by atoms with Crippen LogP contribution in [0.5, 0.6) is 0 Å². The number of rotatable bonds is 7. The van der Waals surface area contributed by atoms with Gasteiger partial charge in [-0.1, -0.05) is 54.3 Å². The Balaban J connectivity index is 2.65. The molecule has 2 rings (SSSR count). The normalized spacial score (nSPS) is 24.3. The third-order valence-electron chi connectivity index (χ3n) is 6.43. The molecule has 3 atom stereocenters. The molecule has 208 valence electrons. The summed E-state index contributed by atoms with van der Waals surface area (Å²) in [4.78, 5) is 32.8. The summed E-state index contributed by atoms with van der Waals surface area (Å²) in [6.07, 6.45) is -0.661. The second kappa shape index (κ2) is 11.8. The van der Waals surface area contributed by atoms with Crippen molar-refractivity contribution in [3.8, 4) is 0 Å². The number of thioether (sulfide) groups is 1. The minimum atomic E-state index is -1.37. The van der Waals surface area contributed by atoms with Crippen molar-refractivity contribution in [2.24, 2.45) is 10.9 Å². The summed E-state index contributed by atoms with van der Waals surface area (Å²) in [6.45, 7) is 17.7.